The average molecular weight is 128 g/mol. The van der Waals surface area contributed by atoms with E-state index in [2.05, 4.69) is 0 Å². The minimum absolute atomic E-state index is 0.0440. The van der Waals surface area contributed by atoms with E-state index in [1.807, 2.05) is 0 Å². The van der Waals surface area contributed by atoms with Crippen molar-refractivity contribution < 1.29 is 4.79 Å². The lowest BCUT2D eigenvalue weighted by Crippen LogP contribution is -2.22. The van der Waals surface area contributed by atoms with Gasteiger partial charge in [-0.15, -0.1) is 0 Å². The number of hydrogen-bond acceptors (Lipinski definition) is 2. The molecule has 52 valence electrons. The molecule has 0 unspecified atom stereocenters. The Morgan fingerprint density at radius 2 is 2.00 bits per heavy atom. The summed E-state index contributed by atoms with van der Waals surface area (Å²) in [6, 6.07) is 0. The summed E-state index contributed by atoms with van der Waals surface area (Å²) >= 11 is 0. The molecule has 0 heterocycles. The third kappa shape index (κ3) is 2.17. The van der Waals surface area contributed by atoms with Crippen molar-refractivity contribution in [3.05, 3.63) is 11.8 Å². The highest BCUT2D eigenvalue weighted by Gasteiger charge is 2.03. The number of hydrogen-bond donors (Lipinski definition) is 1. The number of carbonyl (C=O) groups is 1. The lowest BCUT2D eigenvalue weighted by Gasteiger charge is -2.08. The van der Waals surface area contributed by atoms with E-state index < -0.39 is 0 Å². The number of likely N-dealkylation sites (N-methyl/N-ethyl adjacent to an activating group) is 1. The molecule has 0 atom stereocenters. The van der Waals surface area contributed by atoms with Crippen molar-refractivity contribution in [1.82, 2.24) is 4.90 Å². The molecule has 0 radical (unpaired) electrons. The molecule has 0 aliphatic rings. The Bertz CT molecular complexity index is 138. The van der Waals surface area contributed by atoms with Gasteiger partial charge in [-0.05, 0) is 6.92 Å². The molecule has 0 aliphatic heterocycles. The Labute approximate surface area is 55.1 Å². The molecular formula is C6H12N2O. The first-order valence-corrected chi connectivity index (χ1v) is 2.69. The second-order valence-electron chi connectivity index (χ2n) is 2.05. The summed E-state index contributed by atoms with van der Waals surface area (Å²) in [7, 11) is 3.38. The van der Waals surface area contributed by atoms with Crippen molar-refractivity contribution in [2.24, 2.45) is 5.73 Å². The van der Waals surface area contributed by atoms with Gasteiger partial charge in [-0.1, -0.05) is 0 Å². The van der Waals surface area contributed by atoms with Crippen LogP contribution in [0.4, 0.5) is 0 Å². The molecule has 0 saturated carbocycles. The van der Waals surface area contributed by atoms with Crippen molar-refractivity contribution in [3.8, 4) is 0 Å². The van der Waals surface area contributed by atoms with Gasteiger partial charge in [-0.3, -0.25) is 4.79 Å². The van der Waals surface area contributed by atoms with Gasteiger partial charge in [0.25, 0.3) is 0 Å². The lowest BCUT2D eigenvalue weighted by molar-refractivity contribution is -0.124. The number of carbonyl (C=O) groups excluding carboxylic acids is 1. The topological polar surface area (TPSA) is 46.3 Å². The van der Waals surface area contributed by atoms with Gasteiger partial charge in [0, 0.05) is 25.9 Å². The van der Waals surface area contributed by atoms with Gasteiger partial charge in [0.2, 0.25) is 5.91 Å². The zero-order valence-corrected chi connectivity index (χ0v) is 6.01. The molecule has 0 saturated heterocycles. The first kappa shape index (κ1) is 8.01. The monoisotopic (exact) mass is 128 g/mol. The van der Waals surface area contributed by atoms with Crippen LogP contribution in [0, 0.1) is 0 Å². The van der Waals surface area contributed by atoms with Crippen LogP contribution >= 0.6 is 0 Å². The van der Waals surface area contributed by atoms with Crippen LogP contribution in [-0.2, 0) is 4.79 Å². The van der Waals surface area contributed by atoms with Crippen LogP contribution in [0.1, 0.15) is 6.92 Å². The minimum Gasteiger partial charge on any atom is -0.404 e. The molecule has 0 aromatic heterocycles. The molecule has 0 rings (SSSR count). The Morgan fingerprint density at radius 3 is 2.11 bits per heavy atom. The van der Waals surface area contributed by atoms with Crippen LogP contribution in [0.5, 0.6) is 0 Å². The fraction of sp³-hybridized carbons (Fsp3) is 0.500. The first-order chi connectivity index (χ1) is 4.09. The molecule has 3 nitrogen and oxygen atoms in total. The second kappa shape index (κ2) is 3.12. The Morgan fingerprint density at radius 1 is 1.56 bits per heavy atom. The highest BCUT2D eigenvalue weighted by molar-refractivity contribution is 5.92. The third-order valence-corrected chi connectivity index (χ3v) is 0.994. The molecule has 9 heavy (non-hydrogen) atoms. The summed E-state index contributed by atoms with van der Waals surface area (Å²) in [5, 5.41) is 0. The molecule has 0 aromatic rings. The summed E-state index contributed by atoms with van der Waals surface area (Å²) in [5.41, 5.74) is 5.67. The quantitative estimate of drug-likeness (QED) is 0.503. The van der Waals surface area contributed by atoms with Crippen molar-refractivity contribution in [3.63, 3.8) is 0 Å². The van der Waals surface area contributed by atoms with E-state index in [1.54, 1.807) is 21.0 Å². The lowest BCUT2D eigenvalue weighted by atomic mass is 10.3. The van der Waals surface area contributed by atoms with Crippen molar-refractivity contribution >= 4 is 5.91 Å². The zero-order valence-electron chi connectivity index (χ0n) is 6.01. The minimum atomic E-state index is -0.0440. The maximum Gasteiger partial charge on any atom is 0.250 e. The summed E-state index contributed by atoms with van der Waals surface area (Å²) in [6.07, 6.45) is 1.31. The third-order valence-electron chi connectivity index (χ3n) is 0.994. The molecule has 0 spiro atoms. The Balaban J connectivity index is 4.06. The van der Waals surface area contributed by atoms with Crippen LogP contribution in [0.25, 0.3) is 0 Å². The normalized spacial score (nSPS) is 11.2. The maximum absolute atomic E-state index is 10.9. The van der Waals surface area contributed by atoms with Crippen LogP contribution in [0.3, 0.4) is 0 Å². The van der Waals surface area contributed by atoms with E-state index >= 15 is 0 Å². The predicted molar refractivity (Wildman–Crippen MR) is 36.6 cm³/mol. The number of nitrogens with two attached hydrogens (primary N) is 1. The van der Waals surface area contributed by atoms with E-state index in [9.17, 15) is 4.79 Å². The van der Waals surface area contributed by atoms with Crippen molar-refractivity contribution in [2.45, 2.75) is 6.92 Å². The van der Waals surface area contributed by atoms with Gasteiger partial charge >= 0.3 is 0 Å². The van der Waals surface area contributed by atoms with E-state index in [4.69, 9.17) is 5.73 Å². The molecule has 0 fully saturated rings. The van der Waals surface area contributed by atoms with Crippen LogP contribution in [0.2, 0.25) is 0 Å². The Kier molecular flexibility index (Phi) is 2.78. The second-order valence-corrected chi connectivity index (χ2v) is 2.05. The first-order valence-electron chi connectivity index (χ1n) is 2.69. The SMILES string of the molecule is CC(=CN)C(=O)N(C)C. The molecule has 0 bridgehead atoms. The highest BCUT2D eigenvalue weighted by Crippen LogP contribution is 1.92. The molecule has 3 heteroatoms. The largest absolute Gasteiger partial charge is 0.404 e. The van der Waals surface area contributed by atoms with Gasteiger partial charge in [0.1, 0.15) is 0 Å². The molecule has 2 N–H and O–H groups in total. The Hall–Kier alpha value is -0.990. The van der Waals surface area contributed by atoms with Gasteiger partial charge < -0.3 is 10.6 Å². The van der Waals surface area contributed by atoms with E-state index in [0.29, 0.717) is 5.57 Å². The van der Waals surface area contributed by atoms with E-state index in [0.717, 1.165) is 0 Å². The van der Waals surface area contributed by atoms with Gasteiger partial charge in [0.15, 0.2) is 0 Å². The summed E-state index contributed by atoms with van der Waals surface area (Å²) < 4.78 is 0. The van der Waals surface area contributed by atoms with Gasteiger partial charge in [-0.25, -0.2) is 0 Å². The molecule has 0 aromatic carbocycles. The average Bonchev–Trinajstić information content (AvgIpc) is 1.84. The molecule has 1 amide bonds. The zero-order chi connectivity index (χ0) is 7.44. The standard InChI is InChI=1S/C6H12N2O/c1-5(4-7)6(9)8(2)3/h4H,7H2,1-3H3. The van der Waals surface area contributed by atoms with E-state index in [1.165, 1.54) is 11.1 Å². The van der Waals surface area contributed by atoms with Crippen molar-refractivity contribution in [1.29, 1.82) is 0 Å². The fourth-order valence-corrected chi connectivity index (χ4v) is 0.424. The fourth-order valence-electron chi connectivity index (χ4n) is 0.424. The number of amides is 1. The van der Waals surface area contributed by atoms with Gasteiger partial charge in [0.05, 0.1) is 0 Å². The highest BCUT2D eigenvalue weighted by atomic mass is 16.2. The summed E-state index contributed by atoms with van der Waals surface area (Å²) in [5.74, 6) is -0.0440. The number of nitrogens with zero attached hydrogens (tertiary/aromatic N) is 1. The summed E-state index contributed by atoms with van der Waals surface area (Å²) in [6.45, 7) is 1.68. The van der Waals surface area contributed by atoms with Crippen LogP contribution in [-0.4, -0.2) is 24.9 Å². The van der Waals surface area contributed by atoms with Gasteiger partial charge in [-0.2, -0.15) is 0 Å². The van der Waals surface area contributed by atoms with Crippen LogP contribution < -0.4 is 5.73 Å². The maximum atomic E-state index is 10.9. The molecular weight excluding hydrogens is 116 g/mol. The summed E-state index contributed by atoms with van der Waals surface area (Å²) in [4.78, 5) is 12.3. The predicted octanol–water partition coefficient (Wildman–Crippen LogP) is -0.0629. The number of rotatable bonds is 1. The van der Waals surface area contributed by atoms with Crippen molar-refractivity contribution in [2.75, 3.05) is 14.1 Å². The van der Waals surface area contributed by atoms with Crippen LogP contribution in [0.15, 0.2) is 11.8 Å². The smallest absolute Gasteiger partial charge is 0.250 e. The van der Waals surface area contributed by atoms with E-state index in [-0.39, 0.29) is 5.91 Å². The molecule has 0 aliphatic carbocycles.